The van der Waals surface area contributed by atoms with Crippen molar-refractivity contribution in [3.63, 3.8) is 0 Å². The van der Waals surface area contributed by atoms with E-state index in [-0.39, 0.29) is 21.7 Å². The molecule has 0 heterocycles. The SMILES string of the molecule is COC(=O)c1cccc(Cl)c1-c1cccc(C(F)(F)F)c1. The Morgan fingerprint density at radius 1 is 1.14 bits per heavy atom. The first-order valence-corrected chi connectivity index (χ1v) is 6.27. The molecule has 0 aliphatic carbocycles. The Bertz CT molecular complexity index is 681. The second-order valence-corrected chi connectivity index (χ2v) is 4.64. The van der Waals surface area contributed by atoms with Gasteiger partial charge in [0.2, 0.25) is 0 Å². The molecule has 0 N–H and O–H groups in total. The highest BCUT2D eigenvalue weighted by molar-refractivity contribution is 6.34. The summed E-state index contributed by atoms with van der Waals surface area (Å²) in [4.78, 5) is 11.7. The van der Waals surface area contributed by atoms with Crippen LogP contribution in [0.1, 0.15) is 15.9 Å². The maximum absolute atomic E-state index is 12.8. The molecule has 2 aromatic rings. The number of rotatable bonds is 2. The van der Waals surface area contributed by atoms with E-state index in [9.17, 15) is 18.0 Å². The molecule has 21 heavy (non-hydrogen) atoms. The molecule has 0 aliphatic rings. The Hall–Kier alpha value is -2.01. The number of alkyl halides is 3. The molecule has 0 unspecified atom stereocenters. The molecule has 0 saturated carbocycles. The van der Waals surface area contributed by atoms with Gasteiger partial charge in [-0.25, -0.2) is 4.79 Å². The van der Waals surface area contributed by atoms with Crippen LogP contribution >= 0.6 is 11.6 Å². The lowest BCUT2D eigenvalue weighted by Crippen LogP contribution is -2.06. The number of methoxy groups -OCH3 is 1. The normalized spacial score (nSPS) is 11.3. The van der Waals surface area contributed by atoms with Gasteiger partial charge in [0.05, 0.1) is 18.2 Å². The maximum atomic E-state index is 12.8. The zero-order valence-corrected chi connectivity index (χ0v) is 11.6. The Morgan fingerprint density at radius 3 is 2.43 bits per heavy atom. The van der Waals surface area contributed by atoms with E-state index < -0.39 is 17.7 Å². The first-order chi connectivity index (χ1) is 9.84. The van der Waals surface area contributed by atoms with Crippen molar-refractivity contribution in [2.24, 2.45) is 0 Å². The number of esters is 1. The molecule has 0 atom stereocenters. The largest absolute Gasteiger partial charge is 0.465 e. The maximum Gasteiger partial charge on any atom is 0.416 e. The summed E-state index contributed by atoms with van der Waals surface area (Å²) in [7, 11) is 1.19. The number of benzene rings is 2. The fourth-order valence-corrected chi connectivity index (χ4v) is 2.23. The smallest absolute Gasteiger partial charge is 0.416 e. The molecule has 0 aromatic heterocycles. The van der Waals surface area contributed by atoms with Crippen molar-refractivity contribution in [2.75, 3.05) is 7.11 Å². The molecule has 110 valence electrons. The summed E-state index contributed by atoms with van der Waals surface area (Å²) in [5.74, 6) is -0.662. The highest BCUT2D eigenvalue weighted by Gasteiger charge is 2.31. The lowest BCUT2D eigenvalue weighted by molar-refractivity contribution is -0.137. The van der Waals surface area contributed by atoms with Crippen LogP contribution in [0.4, 0.5) is 13.2 Å². The zero-order valence-electron chi connectivity index (χ0n) is 10.9. The van der Waals surface area contributed by atoms with Gasteiger partial charge < -0.3 is 4.74 Å². The molecule has 0 saturated heterocycles. The molecule has 0 amide bonds. The van der Waals surface area contributed by atoms with Crippen LogP contribution in [0.5, 0.6) is 0 Å². The van der Waals surface area contributed by atoms with Gasteiger partial charge in [0.1, 0.15) is 0 Å². The highest BCUT2D eigenvalue weighted by atomic mass is 35.5. The highest BCUT2D eigenvalue weighted by Crippen LogP contribution is 2.36. The average Bonchev–Trinajstić information content (AvgIpc) is 2.45. The van der Waals surface area contributed by atoms with Crippen molar-refractivity contribution >= 4 is 17.6 Å². The summed E-state index contributed by atoms with van der Waals surface area (Å²) in [5, 5.41) is 0.178. The van der Waals surface area contributed by atoms with E-state index in [0.29, 0.717) is 0 Å². The third kappa shape index (κ3) is 3.19. The number of carbonyl (C=O) groups is 1. The molecule has 6 heteroatoms. The van der Waals surface area contributed by atoms with Gasteiger partial charge in [-0.1, -0.05) is 29.8 Å². The summed E-state index contributed by atoms with van der Waals surface area (Å²) in [6.45, 7) is 0. The predicted octanol–water partition coefficient (Wildman–Crippen LogP) is 4.81. The Labute approximate surface area is 124 Å². The van der Waals surface area contributed by atoms with E-state index in [1.54, 1.807) is 0 Å². The fraction of sp³-hybridized carbons (Fsp3) is 0.133. The second kappa shape index (κ2) is 5.77. The molecule has 2 nitrogen and oxygen atoms in total. The molecule has 0 spiro atoms. The van der Waals surface area contributed by atoms with Crippen molar-refractivity contribution in [3.8, 4) is 11.1 Å². The van der Waals surface area contributed by atoms with E-state index in [1.807, 2.05) is 0 Å². The molecule has 2 aromatic carbocycles. The third-order valence-corrected chi connectivity index (χ3v) is 3.21. The van der Waals surface area contributed by atoms with E-state index in [0.717, 1.165) is 12.1 Å². The summed E-state index contributed by atoms with van der Waals surface area (Å²) < 4.78 is 43.0. The van der Waals surface area contributed by atoms with Gasteiger partial charge in [0.15, 0.2) is 0 Å². The summed E-state index contributed by atoms with van der Waals surface area (Å²) in [6.07, 6.45) is -4.47. The number of carbonyl (C=O) groups excluding carboxylic acids is 1. The molecule has 2 rings (SSSR count). The molecular formula is C15H10ClF3O2. The Morgan fingerprint density at radius 2 is 1.81 bits per heavy atom. The van der Waals surface area contributed by atoms with E-state index >= 15 is 0 Å². The second-order valence-electron chi connectivity index (χ2n) is 4.23. The quantitative estimate of drug-likeness (QED) is 0.743. The van der Waals surface area contributed by atoms with Crippen LogP contribution in [-0.4, -0.2) is 13.1 Å². The topological polar surface area (TPSA) is 26.3 Å². The Balaban J connectivity index is 2.65. The van der Waals surface area contributed by atoms with Gasteiger partial charge in [-0.05, 0) is 29.8 Å². The van der Waals surface area contributed by atoms with Crippen LogP contribution in [0, 0.1) is 0 Å². The van der Waals surface area contributed by atoms with Gasteiger partial charge in [-0.15, -0.1) is 0 Å². The van der Waals surface area contributed by atoms with Crippen molar-refractivity contribution < 1.29 is 22.7 Å². The van der Waals surface area contributed by atoms with Crippen LogP contribution in [0.2, 0.25) is 5.02 Å². The Kier molecular flexibility index (Phi) is 4.23. The van der Waals surface area contributed by atoms with E-state index in [4.69, 9.17) is 11.6 Å². The molecule has 0 radical (unpaired) electrons. The fourth-order valence-electron chi connectivity index (χ4n) is 1.95. The van der Waals surface area contributed by atoms with Gasteiger partial charge >= 0.3 is 12.1 Å². The monoisotopic (exact) mass is 314 g/mol. The zero-order chi connectivity index (χ0) is 15.6. The number of hydrogen-bond acceptors (Lipinski definition) is 2. The van der Waals surface area contributed by atoms with Gasteiger partial charge in [0, 0.05) is 10.6 Å². The minimum Gasteiger partial charge on any atom is -0.465 e. The standard InChI is InChI=1S/C15H10ClF3O2/c1-21-14(20)11-6-3-7-12(16)13(11)9-4-2-5-10(8-9)15(17,18)19/h2-8H,1H3. The summed E-state index contributed by atoms with van der Waals surface area (Å²) >= 11 is 6.04. The third-order valence-electron chi connectivity index (χ3n) is 2.90. The summed E-state index contributed by atoms with van der Waals surface area (Å²) in [5.41, 5.74) is -0.270. The van der Waals surface area contributed by atoms with Gasteiger partial charge in [0.25, 0.3) is 0 Å². The minimum absolute atomic E-state index is 0.115. The van der Waals surface area contributed by atoms with Crippen LogP contribution < -0.4 is 0 Å². The molecule has 0 bridgehead atoms. The average molecular weight is 315 g/mol. The number of halogens is 4. The van der Waals surface area contributed by atoms with Gasteiger partial charge in [-0.2, -0.15) is 13.2 Å². The summed E-state index contributed by atoms with van der Waals surface area (Å²) in [6, 6.07) is 9.12. The first kappa shape index (κ1) is 15.4. The minimum atomic E-state index is -4.47. The van der Waals surface area contributed by atoms with Crippen molar-refractivity contribution in [3.05, 3.63) is 58.6 Å². The van der Waals surface area contributed by atoms with Crippen molar-refractivity contribution in [1.82, 2.24) is 0 Å². The molecular weight excluding hydrogens is 305 g/mol. The lowest BCUT2D eigenvalue weighted by Gasteiger charge is -2.12. The van der Waals surface area contributed by atoms with E-state index in [1.165, 1.54) is 37.4 Å². The number of hydrogen-bond donors (Lipinski definition) is 0. The first-order valence-electron chi connectivity index (χ1n) is 5.89. The van der Waals surface area contributed by atoms with Crippen molar-refractivity contribution in [2.45, 2.75) is 6.18 Å². The molecule has 0 fully saturated rings. The predicted molar refractivity (Wildman–Crippen MR) is 73.2 cm³/mol. The number of ether oxygens (including phenoxy) is 1. The van der Waals surface area contributed by atoms with Crippen LogP contribution in [0.15, 0.2) is 42.5 Å². The van der Waals surface area contributed by atoms with E-state index in [2.05, 4.69) is 4.74 Å². The van der Waals surface area contributed by atoms with Gasteiger partial charge in [-0.3, -0.25) is 0 Å². The van der Waals surface area contributed by atoms with Crippen LogP contribution in [0.3, 0.4) is 0 Å². The van der Waals surface area contributed by atoms with Crippen molar-refractivity contribution in [1.29, 1.82) is 0 Å². The van der Waals surface area contributed by atoms with Crippen LogP contribution in [0.25, 0.3) is 11.1 Å². The molecule has 0 aliphatic heterocycles. The lowest BCUT2D eigenvalue weighted by atomic mass is 9.98. The van der Waals surface area contributed by atoms with Crippen LogP contribution in [-0.2, 0) is 10.9 Å².